The van der Waals surface area contributed by atoms with Gasteiger partial charge in [-0.15, -0.1) is 0 Å². The minimum absolute atomic E-state index is 0.0899. The quantitative estimate of drug-likeness (QED) is 0.154. The average molecular weight is 792 g/mol. The SMILES string of the molecule is C=C(/C=C\C(C)=C(/CC)c1ccc2c(c1C)C(C)(C)C1=CC=CCC12)c1ccccc1C.CC.Cc1cc(C2=NCCC=C2)nc(-c2ccccn2)c1.Cc1ccccc1. The van der Waals surface area contributed by atoms with Crippen molar-refractivity contribution in [3.63, 3.8) is 0 Å². The maximum absolute atomic E-state index is 4.68. The maximum Gasteiger partial charge on any atom is 0.0896 e. The van der Waals surface area contributed by atoms with Crippen molar-refractivity contribution in [2.75, 3.05) is 6.54 Å². The van der Waals surface area contributed by atoms with E-state index in [2.05, 4.69) is 174 Å². The Bertz CT molecular complexity index is 2430. The van der Waals surface area contributed by atoms with Crippen LogP contribution in [-0.2, 0) is 5.41 Å². The summed E-state index contributed by atoms with van der Waals surface area (Å²) < 4.78 is 0. The van der Waals surface area contributed by atoms with Crippen molar-refractivity contribution in [2.45, 2.75) is 99.8 Å². The first-order valence-electron chi connectivity index (χ1n) is 21.8. The molecule has 8 rings (SSSR count). The highest BCUT2D eigenvalue weighted by Gasteiger charge is 2.42. The second kappa shape index (κ2) is 21.4. The van der Waals surface area contributed by atoms with Gasteiger partial charge in [-0.2, -0.15) is 0 Å². The molecule has 0 bridgehead atoms. The topological polar surface area (TPSA) is 38.1 Å². The molecule has 3 aromatic carbocycles. The molecule has 0 radical (unpaired) electrons. The largest absolute Gasteiger partial charge is 0.283 e. The van der Waals surface area contributed by atoms with E-state index in [1.165, 1.54) is 50.1 Å². The van der Waals surface area contributed by atoms with Crippen LogP contribution >= 0.6 is 0 Å². The Labute approximate surface area is 361 Å². The Morgan fingerprint density at radius 1 is 0.783 bits per heavy atom. The summed E-state index contributed by atoms with van der Waals surface area (Å²) in [6, 6.07) is 33.5. The van der Waals surface area contributed by atoms with Crippen molar-refractivity contribution in [2.24, 2.45) is 4.99 Å². The summed E-state index contributed by atoms with van der Waals surface area (Å²) in [6.07, 6.45) is 20.5. The van der Waals surface area contributed by atoms with Crippen LogP contribution in [0.2, 0.25) is 0 Å². The highest BCUT2D eigenvalue weighted by atomic mass is 14.8. The third kappa shape index (κ3) is 10.8. The van der Waals surface area contributed by atoms with E-state index in [0.29, 0.717) is 5.92 Å². The zero-order valence-corrected chi connectivity index (χ0v) is 37.8. The minimum atomic E-state index is 0.0899. The molecule has 2 aliphatic carbocycles. The number of hydrogen-bond acceptors (Lipinski definition) is 3. The number of dihydropyridines is 1. The van der Waals surface area contributed by atoms with Crippen LogP contribution in [-0.4, -0.2) is 22.2 Å². The van der Waals surface area contributed by atoms with Gasteiger partial charge in [0.2, 0.25) is 0 Å². The first-order valence-corrected chi connectivity index (χ1v) is 21.8. The van der Waals surface area contributed by atoms with Crippen LogP contribution in [0.25, 0.3) is 22.5 Å². The van der Waals surface area contributed by atoms with E-state index in [1.54, 1.807) is 17.3 Å². The predicted octanol–water partition coefficient (Wildman–Crippen LogP) is 15.2. The van der Waals surface area contributed by atoms with E-state index in [1.807, 2.05) is 56.3 Å². The molecule has 0 saturated carbocycles. The van der Waals surface area contributed by atoms with Crippen molar-refractivity contribution in [1.82, 2.24) is 9.97 Å². The van der Waals surface area contributed by atoms with Gasteiger partial charge in [0.25, 0.3) is 0 Å². The Balaban J connectivity index is 0.000000204. The van der Waals surface area contributed by atoms with Gasteiger partial charge in [0.1, 0.15) is 0 Å². The molecule has 0 saturated heterocycles. The Hall–Kier alpha value is -5.93. The van der Waals surface area contributed by atoms with Crippen LogP contribution in [0.4, 0.5) is 0 Å². The van der Waals surface area contributed by atoms with Crippen molar-refractivity contribution >= 4 is 16.9 Å². The first kappa shape index (κ1) is 45.2. The van der Waals surface area contributed by atoms with E-state index in [-0.39, 0.29) is 5.41 Å². The zero-order valence-electron chi connectivity index (χ0n) is 37.8. The van der Waals surface area contributed by atoms with Crippen molar-refractivity contribution in [1.29, 1.82) is 0 Å². The normalized spacial score (nSPS) is 16.0. The molecule has 3 aliphatic rings. The van der Waals surface area contributed by atoms with Crippen molar-refractivity contribution in [3.05, 3.63) is 214 Å². The standard InChI is InChI=1S/C32H36.C16H15N3.C7H8.C2H6/c1-8-25(22(3)17-18-23(4)26-14-10-9-13-21(26)2)27-19-20-29-28-15-11-12-16-30(28)32(6,7)31(29)24(27)5;1-12-10-15(13-6-2-4-8-17-13)19-16(11-12)14-7-3-5-9-18-14;1-7-5-3-2-4-6-7;1-2/h9-14,16-20,28H,4,8,15H2,1-3,5-7H3;2-4,6-8,10-11H,5,9H2,1H3;2-6H,1H3;1-2H3/b18-17-,25-22+;;;. The Morgan fingerprint density at radius 3 is 2.15 bits per heavy atom. The van der Waals surface area contributed by atoms with E-state index in [0.717, 1.165) is 54.2 Å². The van der Waals surface area contributed by atoms with Crippen LogP contribution < -0.4 is 0 Å². The molecular formula is C57H65N3. The van der Waals surface area contributed by atoms with E-state index in [9.17, 15) is 0 Å². The fraction of sp³-hybridized carbons (Fsp3) is 0.281. The smallest absolute Gasteiger partial charge is 0.0896 e. The fourth-order valence-corrected chi connectivity index (χ4v) is 8.57. The molecule has 60 heavy (non-hydrogen) atoms. The van der Waals surface area contributed by atoms with Gasteiger partial charge < -0.3 is 0 Å². The number of pyridine rings is 2. The van der Waals surface area contributed by atoms with Crippen LogP contribution in [0.5, 0.6) is 0 Å². The average Bonchev–Trinajstić information content (AvgIpc) is 3.52. The molecule has 308 valence electrons. The van der Waals surface area contributed by atoms with Gasteiger partial charge >= 0.3 is 0 Å². The number of aryl methyl sites for hydroxylation is 3. The molecule has 0 fully saturated rings. The second-order valence-electron chi connectivity index (χ2n) is 16.1. The molecular weight excluding hydrogens is 727 g/mol. The summed E-state index contributed by atoms with van der Waals surface area (Å²) in [6.45, 7) is 27.1. The van der Waals surface area contributed by atoms with Crippen LogP contribution in [0.1, 0.15) is 117 Å². The summed E-state index contributed by atoms with van der Waals surface area (Å²) >= 11 is 0. The van der Waals surface area contributed by atoms with Gasteiger partial charge in [0.15, 0.2) is 0 Å². The molecule has 0 amide bonds. The van der Waals surface area contributed by atoms with Gasteiger partial charge in [0.05, 0.1) is 22.8 Å². The lowest BCUT2D eigenvalue weighted by atomic mass is 9.77. The van der Waals surface area contributed by atoms with E-state index < -0.39 is 0 Å². The summed E-state index contributed by atoms with van der Waals surface area (Å²) in [7, 11) is 0. The first-order chi connectivity index (χ1) is 29.0. The van der Waals surface area contributed by atoms with Crippen molar-refractivity contribution < 1.29 is 0 Å². The van der Waals surface area contributed by atoms with Crippen LogP contribution in [0.15, 0.2) is 169 Å². The number of hydrogen-bond donors (Lipinski definition) is 0. The molecule has 1 unspecified atom stereocenters. The molecule has 5 aromatic rings. The van der Waals surface area contributed by atoms with Gasteiger partial charge in [-0.3, -0.25) is 9.98 Å². The minimum Gasteiger partial charge on any atom is -0.283 e. The summed E-state index contributed by atoms with van der Waals surface area (Å²) in [5.41, 5.74) is 20.1. The van der Waals surface area contributed by atoms with Gasteiger partial charge in [0, 0.05) is 24.1 Å². The Morgan fingerprint density at radius 2 is 1.50 bits per heavy atom. The van der Waals surface area contributed by atoms with Gasteiger partial charge in [-0.25, -0.2) is 4.98 Å². The molecule has 2 aromatic heterocycles. The summed E-state index contributed by atoms with van der Waals surface area (Å²) in [5.74, 6) is 0.547. The lowest BCUT2D eigenvalue weighted by Crippen LogP contribution is -2.18. The summed E-state index contributed by atoms with van der Waals surface area (Å²) in [5, 5.41) is 0. The molecule has 3 heteroatoms. The van der Waals surface area contributed by atoms with E-state index >= 15 is 0 Å². The Kier molecular flexibility index (Phi) is 16.1. The van der Waals surface area contributed by atoms with Crippen LogP contribution in [0, 0.1) is 27.7 Å². The van der Waals surface area contributed by atoms with Crippen molar-refractivity contribution in [3.8, 4) is 11.4 Å². The number of fused-ring (bicyclic) bond motifs is 3. The monoisotopic (exact) mass is 792 g/mol. The second-order valence-corrected chi connectivity index (χ2v) is 16.1. The fourth-order valence-electron chi connectivity index (χ4n) is 8.57. The number of allylic oxidation sites excluding steroid dienone is 10. The van der Waals surface area contributed by atoms with Crippen LogP contribution in [0.3, 0.4) is 0 Å². The predicted molar refractivity (Wildman–Crippen MR) is 261 cm³/mol. The molecule has 0 N–H and O–H groups in total. The zero-order chi connectivity index (χ0) is 43.2. The third-order valence-electron chi connectivity index (χ3n) is 11.5. The van der Waals surface area contributed by atoms with E-state index in [4.69, 9.17) is 0 Å². The number of benzene rings is 3. The van der Waals surface area contributed by atoms with Gasteiger partial charge in [-0.1, -0.05) is 162 Å². The number of rotatable bonds is 7. The highest BCUT2D eigenvalue weighted by molar-refractivity contribution is 6.08. The lowest BCUT2D eigenvalue weighted by Gasteiger charge is -2.27. The number of aliphatic imine (C=N–C) groups is 1. The lowest BCUT2D eigenvalue weighted by molar-refractivity contribution is 0.609. The molecule has 3 nitrogen and oxygen atoms in total. The summed E-state index contributed by atoms with van der Waals surface area (Å²) in [4.78, 5) is 13.6. The number of nitrogens with zero attached hydrogens (tertiary/aromatic N) is 3. The number of aromatic nitrogens is 2. The molecule has 3 heterocycles. The highest BCUT2D eigenvalue weighted by Crippen LogP contribution is 2.54. The molecule has 0 spiro atoms. The third-order valence-corrected chi connectivity index (χ3v) is 11.5. The molecule has 1 aliphatic heterocycles. The van der Waals surface area contributed by atoms with Gasteiger partial charge in [-0.05, 0) is 140 Å². The maximum atomic E-state index is 4.68. The molecule has 1 atom stereocenters.